The molecule has 94 valence electrons. The summed E-state index contributed by atoms with van der Waals surface area (Å²) < 4.78 is 1.87. The standard InChI is InChI=1S/C12H20N4O/c1-8-6-9(2)16(15-8)7-12(14-3,11(13)17)10-4-5-10/h6,10,14H,4-5,7H2,1-3H3,(H2,13,17). The number of rotatable bonds is 5. The molecule has 5 heteroatoms. The minimum Gasteiger partial charge on any atom is -0.368 e. The Kier molecular flexibility index (Phi) is 2.95. The molecule has 1 unspecified atom stereocenters. The van der Waals surface area contributed by atoms with Gasteiger partial charge in [-0.3, -0.25) is 9.48 Å². The number of carbonyl (C=O) groups excluding carboxylic acids is 1. The van der Waals surface area contributed by atoms with Gasteiger partial charge in [-0.05, 0) is 45.7 Å². The smallest absolute Gasteiger partial charge is 0.239 e. The van der Waals surface area contributed by atoms with Crippen molar-refractivity contribution in [1.82, 2.24) is 15.1 Å². The van der Waals surface area contributed by atoms with Crippen LogP contribution in [0.3, 0.4) is 0 Å². The zero-order valence-corrected chi connectivity index (χ0v) is 10.7. The summed E-state index contributed by atoms with van der Waals surface area (Å²) in [6.07, 6.45) is 2.12. The number of aromatic nitrogens is 2. The van der Waals surface area contributed by atoms with E-state index in [1.54, 1.807) is 7.05 Å². The second-order valence-corrected chi connectivity index (χ2v) is 4.94. The van der Waals surface area contributed by atoms with Crippen molar-refractivity contribution in [3.8, 4) is 0 Å². The second-order valence-electron chi connectivity index (χ2n) is 4.94. The van der Waals surface area contributed by atoms with Gasteiger partial charge in [-0.25, -0.2) is 0 Å². The largest absolute Gasteiger partial charge is 0.368 e. The van der Waals surface area contributed by atoms with E-state index in [1.807, 2.05) is 24.6 Å². The van der Waals surface area contributed by atoms with Gasteiger partial charge in [-0.2, -0.15) is 5.10 Å². The van der Waals surface area contributed by atoms with E-state index in [0.29, 0.717) is 12.5 Å². The number of nitrogens with two attached hydrogens (primary N) is 1. The van der Waals surface area contributed by atoms with Crippen LogP contribution < -0.4 is 11.1 Å². The molecule has 1 aliphatic rings. The predicted molar refractivity (Wildman–Crippen MR) is 65.4 cm³/mol. The van der Waals surface area contributed by atoms with Gasteiger partial charge in [-0.15, -0.1) is 0 Å². The predicted octanol–water partition coefficient (Wildman–Crippen LogP) is 0.353. The van der Waals surface area contributed by atoms with E-state index in [0.717, 1.165) is 24.2 Å². The zero-order chi connectivity index (χ0) is 12.6. The van der Waals surface area contributed by atoms with Crippen molar-refractivity contribution in [3.05, 3.63) is 17.5 Å². The molecule has 0 bridgehead atoms. The van der Waals surface area contributed by atoms with Crippen LogP contribution in [-0.2, 0) is 11.3 Å². The fourth-order valence-electron chi connectivity index (χ4n) is 2.46. The first-order valence-electron chi connectivity index (χ1n) is 5.99. The number of nitrogens with one attached hydrogen (secondary N) is 1. The van der Waals surface area contributed by atoms with Gasteiger partial charge in [0.1, 0.15) is 5.54 Å². The molecule has 0 radical (unpaired) electrons. The van der Waals surface area contributed by atoms with Gasteiger partial charge in [0.25, 0.3) is 0 Å². The van der Waals surface area contributed by atoms with Gasteiger partial charge in [0, 0.05) is 5.69 Å². The van der Waals surface area contributed by atoms with E-state index in [2.05, 4.69) is 10.4 Å². The molecule has 5 nitrogen and oxygen atoms in total. The van der Waals surface area contributed by atoms with Crippen LogP contribution in [0, 0.1) is 19.8 Å². The second kappa shape index (κ2) is 4.14. The number of likely N-dealkylation sites (N-methyl/N-ethyl adjacent to an activating group) is 1. The Morgan fingerprint density at radius 2 is 2.29 bits per heavy atom. The van der Waals surface area contributed by atoms with Crippen LogP contribution in [0.4, 0.5) is 0 Å². The highest BCUT2D eigenvalue weighted by Gasteiger charge is 2.49. The average molecular weight is 236 g/mol. The van der Waals surface area contributed by atoms with Crippen LogP contribution in [0.15, 0.2) is 6.07 Å². The van der Waals surface area contributed by atoms with Gasteiger partial charge < -0.3 is 11.1 Å². The lowest BCUT2D eigenvalue weighted by Crippen LogP contribution is -2.58. The Labute approximate surface area is 101 Å². The first kappa shape index (κ1) is 12.1. The van der Waals surface area contributed by atoms with E-state index in [4.69, 9.17) is 5.73 Å². The molecule has 1 saturated carbocycles. The third kappa shape index (κ3) is 2.07. The number of hydrogen-bond donors (Lipinski definition) is 2. The number of carbonyl (C=O) groups is 1. The Morgan fingerprint density at radius 3 is 2.65 bits per heavy atom. The van der Waals surface area contributed by atoms with E-state index in [9.17, 15) is 4.79 Å². The van der Waals surface area contributed by atoms with Crippen molar-refractivity contribution in [2.24, 2.45) is 11.7 Å². The molecule has 1 heterocycles. The molecule has 1 aromatic rings. The molecule has 0 spiro atoms. The van der Waals surface area contributed by atoms with Gasteiger partial charge in [0.05, 0.1) is 12.2 Å². The van der Waals surface area contributed by atoms with Gasteiger partial charge in [-0.1, -0.05) is 0 Å². The van der Waals surface area contributed by atoms with Crippen molar-refractivity contribution in [1.29, 1.82) is 0 Å². The molecule has 2 rings (SSSR count). The average Bonchev–Trinajstić information content (AvgIpc) is 3.03. The molecule has 1 amide bonds. The molecular formula is C12H20N4O. The number of amides is 1. The maximum atomic E-state index is 11.8. The first-order valence-corrected chi connectivity index (χ1v) is 5.99. The Balaban J connectivity index is 2.29. The lowest BCUT2D eigenvalue weighted by molar-refractivity contribution is -0.125. The molecule has 0 aromatic carbocycles. The summed E-state index contributed by atoms with van der Waals surface area (Å²) in [7, 11) is 1.80. The maximum absolute atomic E-state index is 11.8. The third-order valence-electron chi connectivity index (χ3n) is 3.66. The van der Waals surface area contributed by atoms with Crippen molar-refractivity contribution in [3.63, 3.8) is 0 Å². The molecular weight excluding hydrogens is 216 g/mol. The Morgan fingerprint density at radius 1 is 1.65 bits per heavy atom. The highest BCUT2D eigenvalue weighted by atomic mass is 16.1. The molecule has 0 saturated heterocycles. The van der Waals surface area contributed by atoms with Crippen LogP contribution in [-0.4, -0.2) is 28.3 Å². The molecule has 0 aliphatic heterocycles. The molecule has 17 heavy (non-hydrogen) atoms. The minimum absolute atomic E-state index is 0.282. The summed E-state index contributed by atoms with van der Waals surface area (Å²) >= 11 is 0. The molecule has 3 N–H and O–H groups in total. The van der Waals surface area contributed by atoms with Crippen LogP contribution >= 0.6 is 0 Å². The first-order chi connectivity index (χ1) is 7.99. The summed E-state index contributed by atoms with van der Waals surface area (Å²) in [5.41, 5.74) is 6.96. The monoisotopic (exact) mass is 236 g/mol. The van der Waals surface area contributed by atoms with Crippen LogP contribution in [0.1, 0.15) is 24.2 Å². The molecule has 1 aliphatic carbocycles. The van der Waals surface area contributed by atoms with Crippen LogP contribution in [0.25, 0.3) is 0 Å². The van der Waals surface area contributed by atoms with E-state index in [-0.39, 0.29) is 5.91 Å². The summed E-state index contributed by atoms with van der Waals surface area (Å²) in [6, 6.07) is 2.01. The fraction of sp³-hybridized carbons (Fsp3) is 0.667. The number of aryl methyl sites for hydroxylation is 2. The number of nitrogens with zero attached hydrogens (tertiary/aromatic N) is 2. The third-order valence-corrected chi connectivity index (χ3v) is 3.66. The van der Waals surface area contributed by atoms with E-state index < -0.39 is 5.54 Å². The Hall–Kier alpha value is -1.36. The Bertz CT molecular complexity index is 436. The summed E-state index contributed by atoms with van der Waals surface area (Å²) in [5.74, 6) is 0.0592. The maximum Gasteiger partial charge on any atom is 0.239 e. The summed E-state index contributed by atoms with van der Waals surface area (Å²) in [4.78, 5) is 11.8. The van der Waals surface area contributed by atoms with Crippen molar-refractivity contribution < 1.29 is 4.79 Å². The highest BCUT2D eigenvalue weighted by Crippen LogP contribution is 2.40. The van der Waals surface area contributed by atoms with Gasteiger partial charge in [0.15, 0.2) is 0 Å². The minimum atomic E-state index is -0.650. The van der Waals surface area contributed by atoms with E-state index in [1.165, 1.54) is 0 Å². The summed E-state index contributed by atoms with van der Waals surface area (Å²) in [6.45, 7) is 4.46. The SMILES string of the molecule is CNC(Cn1nc(C)cc1C)(C(N)=O)C1CC1. The fourth-order valence-corrected chi connectivity index (χ4v) is 2.46. The number of hydrogen-bond acceptors (Lipinski definition) is 3. The van der Waals surface area contributed by atoms with Gasteiger partial charge in [0.2, 0.25) is 5.91 Å². The molecule has 1 fully saturated rings. The lowest BCUT2D eigenvalue weighted by Gasteiger charge is -2.30. The zero-order valence-electron chi connectivity index (χ0n) is 10.7. The van der Waals surface area contributed by atoms with Gasteiger partial charge >= 0.3 is 0 Å². The highest BCUT2D eigenvalue weighted by molar-refractivity contribution is 5.85. The van der Waals surface area contributed by atoms with Crippen LogP contribution in [0.2, 0.25) is 0 Å². The number of primary amides is 1. The normalized spacial score (nSPS) is 19.0. The summed E-state index contributed by atoms with van der Waals surface area (Å²) in [5, 5.41) is 7.53. The lowest BCUT2D eigenvalue weighted by atomic mass is 9.92. The molecule has 1 aromatic heterocycles. The topological polar surface area (TPSA) is 72.9 Å². The molecule has 1 atom stereocenters. The quantitative estimate of drug-likeness (QED) is 0.775. The van der Waals surface area contributed by atoms with Crippen LogP contribution in [0.5, 0.6) is 0 Å². The van der Waals surface area contributed by atoms with E-state index >= 15 is 0 Å². The van der Waals surface area contributed by atoms with Crippen molar-refractivity contribution in [2.45, 2.75) is 38.8 Å². The van der Waals surface area contributed by atoms with Crippen molar-refractivity contribution in [2.75, 3.05) is 7.05 Å². The van der Waals surface area contributed by atoms with Crippen molar-refractivity contribution >= 4 is 5.91 Å².